The zero-order chi connectivity index (χ0) is 20.4. The van der Waals surface area contributed by atoms with Gasteiger partial charge in [0, 0.05) is 12.4 Å². The molecule has 1 atom stereocenters. The topological polar surface area (TPSA) is 59.4 Å². The lowest BCUT2D eigenvalue weighted by Crippen LogP contribution is -2.15. The number of rotatable bonds is 5. The van der Waals surface area contributed by atoms with Gasteiger partial charge in [0.2, 0.25) is 0 Å². The molecule has 2 aromatic carbocycles. The molecule has 0 amide bonds. The third-order valence-corrected chi connectivity index (χ3v) is 5.58. The first kappa shape index (κ1) is 19.1. The predicted molar refractivity (Wildman–Crippen MR) is 109 cm³/mol. The fourth-order valence-electron chi connectivity index (χ4n) is 4.00. The molecule has 1 N–H and O–H groups in total. The molecule has 1 aromatic heterocycles. The molecule has 0 radical (unpaired) electrons. The molecule has 4 rings (SSSR count). The van der Waals surface area contributed by atoms with Crippen LogP contribution in [0.15, 0.2) is 54.9 Å². The van der Waals surface area contributed by atoms with Crippen LogP contribution >= 0.6 is 0 Å². The molecule has 2 heterocycles. The van der Waals surface area contributed by atoms with E-state index in [0.717, 1.165) is 46.4 Å². The summed E-state index contributed by atoms with van der Waals surface area (Å²) in [5, 5.41) is 9.37. The molecule has 0 saturated carbocycles. The summed E-state index contributed by atoms with van der Waals surface area (Å²) in [6.07, 6.45) is 5.49. The SMILES string of the molecule is Cc1ccc(F)cc1-c1ccc2c(c1)OCCC2CCc1cnccc1C(=O)O. The Morgan fingerprint density at radius 2 is 2.10 bits per heavy atom. The highest BCUT2D eigenvalue weighted by Crippen LogP contribution is 2.39. The summed E-state index contributed by atoms with van der Waals surface area (Å²) in [6, 6.07) is 12.4. The Labute approximate surface area is 169 Å². The summed E-state index contributed by atoms with van der Waals surface area (Å²) in [6.45, 7) is 2.58. The van der Waals surface area contributed by atoms with Crippen molar-refractivity contribution in [3.8, 4) is 16.9 Å². The van der Waals surface area contributed by atoms with Crippen LogP contribution in [0.2, 0.25) is 0 Å². The number of benzene rings is 2. The number of carboxylic acid groups (broad SMARTS) is 1. The highest BCUT2D eigenvalue weighted by Gasteiger charge is 2.23. The van der Waals surface area contributed by atoms with E-state index in [0.29, 0.717) is 18.6 Å². The van der Waals surface area contributed by atoms with Gasteiger partial charge in [0.05, 0.1) is 12.2 Å². The van der Waals surface area contributed by atoms with E-state index < -0.39 is 5.97 Å². The third kappa shape index (κ3) is 3.99. The maximum atomic E-state index is 13.7. The summed E-state index contributed by atoms with van der Waals surface area (Å²) >= 11 is 0. The lowest BCUT2D eigenvalue weighted by Gasteiger charge is -2.27. The number of nitrogens with zero attached hydrogens (tertiary/aromatic N) is 1. The molecule has 1 aliphatic rings. The average Bonchev–Trinajstić information content (AvgIpc) is 2.73. The van der Waals surface area contributed by atoms with Gasteiger partial charge in [0.15, 0.2) is 0 Å². The quantitative estimate of drug-likeness (QED) is 0.633. The second kappa shape index (κ2) is 8.03. The molecule has 0 spiro atoms. The number of hydrogen-bond donors (Lipinski definition) is 1. The van der Waals surface area contributed by atoms with Gasteiger partial charge in [-0.2, -0.15) is 0 Å². The van der Waals surface area contributed by atoms with E-state index in [1.807, 2.05) is 19.1 Å². The van der Waals surface area contributed by atoms with Crippen LogP contribution in [-0.4, -0.2) is 22.7 Å². The largest absolute Gasteiger partial charge is 0.493 e. The molecule has 1 unspecified atom stereocenters. The van der Waals surface area contributed by atoms with E-state index in [2.05, 4.69) is 11.1 Å². The van der Waals surface area contributed by atoms with Gasteiger partial charge in [-0.25, -0.2) is 9.18 Å². The number of hydrogen-bond acceptors (Lipinski definition) is 3. The number of ether oxygens (including phenoxy) is 1. The molecule has 29 heavy (non-hydrogen) atoms. The van der Waals surface area contributed by atoms with Gasteiger partial charge in [-0.3, -0.25) is 4.98 Å². The third-order valence-electron chi connectivity index (χ3n) is 5.58. The standard InChI is InChI=1S/C24H22FNO3/c1-15-2-6-19(25)13-22(15)17-5-7-20-16(9-11-29-23(20)12-17)3-4-18-14-26-10-8-21(18)24(27)28/h2,5-8,10,12-14,16H,3-4,9,11H2,1H3,(H,27,28). The Hall–Kier alpha value is -3.21. The molecule has 0 aliphatic carbocycles. The first-order valence-corrected chi connectivity index (χ1v) is 9.72. The number of pyridine rings is 1. The van der Waals surface area contributed by atoms with Crippen LogP contribution in [0.3, 0.4) is 0 Å². The van der Waals surface area contributed by atoms with Crippen molar-refractivity contribution in [3.63, 3.8) is 0 Å². The number of fused-ring (bicyclic) bond motifs is 1. The summed E-state index contributed by atoms with van der Waals surface area (Å²) < 4.78 is 19.6. The normalized spacial score (nSPS) is 15.4. The minimum Gasteiger partial charge on any atom is -0.493 e. The maximum absolute atomic E-state index is 13.7. The van der Waals surface area contributed by atoms with Crippen molar-refractivity contribution in [3.05, 3.63) is 82.9 Å². The molecule has 4 nitrogen and oxygen atoms in total. The molecular formula is C24H22FNO3. The summed E-state index contributed by atoms with van der Waals surface area (Å²) in [5.41, 5.74) is 4.98. The number of aromatic carboxylic acids is 1. The van der Waals surface area contributed by atoms with E-state index >= 15 is 0 Å². The summed E-state index contributed by atoms with van der Waals surface area (Å²) in [5.74, 6) is -0.0759. The van der Waals surface area contributed by atoms with Gasteiger partial charge in [-0.15, -0.1) is 0 Å². The number of aromatic nitrogens is 1. The number of carboxylic acids is 1. The highest BCUT2D eigenvalue weighted by atomic mass is 19.1. The second-order valence-electron chi connectivity index (χ2n) is 7.42. The van der Waals surface area contributed by atoms with E-state index in [1.54, 1.807) is 24.4 Å². The minimum atomic E-state index is -0.926. The lowest BCUT2D eigenvalue weighted by molar-refractivity contribution is 0.0695. The first-order valence-electron chi connectivity index (χ1n) is 9.72. The van der Waals surface area contributed by atoms with Crippen molar-refractivity contribution in [2.75, 3.05) is 6.61 Å². The minimum absolute atomic E-state index is 0.257. The van der Waals surface area contributed by atoms with Gasteiger partial charge in [0.25, 0.3) is 0 Å². The molecule has 3 aromatic rings. The fourth-order valence-corrected chi connectivity index (χ4v) is 4.00. The van der Waals surface area contributed by atoms with Crippen LogP contribution in [0.1, 0.15) is 45.8 Å². The van der Waals surface area contributed by atoms with E-state index in [-0.39, 0.29) is 11.7 Å². The van der Waals surface area contributed by atoms with Crippen molar-refractivity contribution in [2.24, 2.45) is 0 Å². The van der Waals surface area contributed by atoms with Crippen LogP contribution in [0, 0.1) is 12.7 Å². The van der Waals surface area contributed by atoms with Crippen LogP contribution < -0.4 is 4.74 Å². The summed E-state index contributed by atoms with van der Waals surface area (Å²) in [4.78, 5) is 15.5. The molecule has 0 saturated heterocycles. The Morgan fingerprint density at radius 3 is 2.93 bits per heavy atom. The molecule has 0 fully saturated rings. The Balaban J connectivity index is 1.58. The molecular weight excluding hydrogens is 369 g/mol. The number of carbonyl (C=O) groups is 1. The van der Waals surface area contributed by atoms with E-state index in [4.69, 9.17) is 4.74 Å². The molecule has 148 valence electrons. The van der Waals surface area contributed by atoms with Crippen molar-refractivity contribution < 1.29 is 19.0 Å². The van der Waals surface area contributed by atoms with E-state index in [9.17, 15) is 14.3 Å². The van der Waals surface area contributed by atoms with Crippen LogP contribution in [-0.2, 0) is 6.42 Å². The van der Waals surface area contributed by atoms with E-state index in [1.165, 1.54) is 12.3 Å². The maximum Gasteiger partial charge on any atom is 0.336 e. The van der Waals surface area contributed by atoms with Crippen LogP contribution in [0.5, 0.6) is 5.75 Å². The Bertz CT molecular complexity index is 1060. The molecule has 0 bridgehead atoms. The van der Waals surface area contributed by atoms with Gasteiger partial charge in [-0.05, 0) is 84.2 Å². The average molecular weight is 391 g/mol. The zero-order valence-electron chi connectivity index (χ0n) is 16.2. The van der Waals surface area contributed by atoms with Crippen molar-refractivity contribution in [1.82, 2.24) is 4.98 Å². The number of halogens is 1. The van der Waals surface area contributed by atoms with Gasteiger partial charge >= 0.3 is 5.97 Å². The Kier molecular flexibility index (Phi) is 5.30. The Morgan fingerprint density at radius 1 is 1.24 bits per heavy atom. The predicted octanol–water partition coefficient (Wildman–Crippen LogP) is 5.39. The monoisotopic (exact) mass is 391 g/mol. The van der Waals surface area contributed by atoms with Crippen LogP contribution in [0.4, 0.5) is 4.39 Å². The zero-order valence-corrected chi connectivity index (χ0v) is 16.2. The lowest BCUT2D eigenvalue weighted by atomic mass is 9.86. The van der Waals surface area contributed by atoms with Gasteiger partial charge in [-0.1, -0.05) is 18.2 Å². The fraction of sp³-hybridized carbons (Fsp3) is 0.250. The first-order chi connectivity index (χ1) is 14.0. The second-order valence-corrected chi connectivity index (χ2v) is 7.42. The van der Waals surface area contributed by atoms with Gasteiger partial charge < -0.3 is 9.84 Å². The highest BCUT2D eigenvalue weighted by molar-refractivity contribution is 5.89. The number of aryl methyl sites for hydroxylation is 2. The van der Waals surface area contributed by atoms with Crippen LogP contribution in [0.25, 0.3) is 11.1 Å². The van der Waals surface area contributed by atoms with Crippen molar-refractivity contribution in [2.45, 2.75) is 32.1 Å². The molecule has 1 aliphatic heterocycles. The van der Waals surface area contributed by atoms with Crippen molar-refractivity contribution >= 4 is 5.97 Å². The van der Waals surface area contributed by atoms with Crippen molar-refractivity contribution in [1.29, 1.82) is 0 Å². The summed E-state index contributed by atoms with van der Waals surface area (Å²) in [7, 11) is 0. The molecule has 5 heteroatoms. The smallest absolute Gasteiger partial charge is 0.336 e. The van der Waals surface area contributed by atoms with Gasteiger partial charge in [0.1, 0.15) is 11.6 Å².